The third kappa shape index (κ3) is 6.39. The van der Waals surface area contributed by atoms with Crippen molar-refractivity contribution in [1.29, 1.82) is 0 Å². The van der Waals surface area contributed by atoms with Crippen molar-refractivity contribution >= 4 is 11.8 Å². The van der Waals surface area contributed by atoms with Crippen molar-refractivity contribution in [3.05, 3.63) is 59.0 Å². The molecule has 2 N–H and O–H groups in total. The lowest BCUT2D eigenvalue weighted by Gasteiger charge is -2.37. The second kappa shape index (κ2) is 11.1. The van der Waals surface area contributed by atoms with Gasteiger partial charge in [0.25, 0.3) is 11.8 Å². The zero-order chi connectivity index (χ0) is 26.6. The number of carbonyl (C=O) groups excluding carboxylic acids is 2. The highest BCUT2D eigenvalue weighted by Crippen LogP contribution is 2.27. The van der Waals surface area contributed by atoms with Crippen LogP contribution in [0.25, 0.3) is 0 Å². The minimum Gasteiger partial charge on any atom is -0.472 e. The first-order valence-electron chi connectivity index (χ1n) is 11.7. The Bertz CT molecular complexity index is 1180. The summed E-state index contributed by atoms with van der Waals surface area (Å²) < 4.78 is 20.3. The highest BCUT2D eigenvalue weighted by atomic mass is 19.1. The molecule has 1 aliphatic heterocycles. The summed E-state index contributed by atoms with van der Waals surface area (Å²) in [6.07, 6.45) is 0.870. The third-order valence-corrected chi connectivity index (χ3v) is 5.94. The summed E-state index contributed by atoms with van der Waals surface area (Å²) in [5.41, 5.74) is -0.685. The minimum atomic E-state index is -1.22. The molecule has 192 valence electrons. The second-order valence-electron chi connectivity index (χ2n) is 9.67. The fraction of sp³-hybridized carbons (Fsp3) is 0.444. The van der Waals surface area contributed by atoms with Crippen LogP contribution in [0.2, 0.25) is 0 Å². The molecule has 0 saturated heterocycles. The molecule has 0 spiro atoms. The summed E-state index contributed by atoms with van der Waals surface area (Å²) in [7, 11) is 1.56. The van der Waals surface area contributed by atoms with E-state index in [0.29, 0.717) is 5.56 Å². The van der Waals surface area contributed by atoms with Crippen molar-refractivity contribution in [2.75, 3.05) is 26.7 Å². The first-order valence-corrected chi connectivity index (χ1v) is 11.7. The molecule has 8 nitrogen and oxygen atoms in total. The van der Waals surface area contributed by atoms with E-state index in [9.17, 15) is 24.2 Å². The zero-order valence-electron chi connectivity index (χ0n) is 21.2. The van der Waals surface area contributed by atoms with Crippen LogP contribution in [0.3, 0.4) is 0 Å². The summed E-state index contributed by atoms with van der Waals surface area (Å²) in [4.78, 5) is 33.6. The predicted octanol–water partition coefficient (Wildman–Crippen LogP) is 2.34. The Hall–Kier alpha value is -3.48. The van der Waals surface area contributed by atoms with Gasteiger partial charge in [-0.15, -0.1) is 0 Å². The lowest BCUT2D eigenvalue weighted by atomic mass is 9.99. The van der Waals surface area contributed by atoms with Crippen LogP contribution < -0.4 is 4.74 Å². The molecule has 0 bridgehead atoms. The Morgan fingerprint density at radius 2 is 2.08 bits per heavy atom. The van der Waals surface area contributed by atoms with Gasteiger partial charge >= 0.3 is 0 Å². The summed E-state index contributed by atoms with van der Waals surface area (Å²) in [5.74, 6) is 3.86. The number of aliphatic hydroxyl groups is 2. The zero-order valence-corrected chi connectivity index (χ0v) is 21.2. The van der Waals surface area contributed by atoms with Crippen molar-refractivity contribution in [3.63, 3.8) is 0 Å². The number of fused-ring (bicyclic) bond motifs is 1. The maximum atomic E-state index is 14.2. The number of ether oxygens (including phenoxy) is 1. The molecule has 2 amide bonds. The smallest absolute Gasteiger partial charge is 0.259 e. The first-order chi connectivity index (χ1) is 16.9. The van der Waals surface area contributed by atoms with Gasteiger partial charge < -0.3 is 24.7 Å². The molecule has 9 heteroatoms. The van der Waals surface area contributed by atoms with Crippen molar-refractivity contribution in [1.82, 2.24) is 14.8 Å². The predicted molar refractivity (Wildman–Crippen MR) is 132 cm³/mol. The second-order valence-corrected chi connectivity index (χ2v) is 9.67. The van der Waals surface area contributed by atoms with Crippen LogP contribution in [-0.2, 0) is 0 Å². The van der Waals surface area contributed by atoms with E-state index in [1.54, 1.807) is 44.9 Å². The van der Waals surface area contributed by atoms with Crippen molar-refractivity contribution in [2.24, 2.45) is 5.92 Å². The topological polar surface area (TPSA) is 103 Å². The SMILES string of the molecule is C[C@H]1CN([C@@H](C)CO)C(=O)c2cc(C#CC(C)(C)O)cnc2O[C@@H]1CN(C)C(=O)c1ccccc1F. The van der Waals surface area contributed by atoms with Crippen LogP contribution in [0, 0.1) is 23.6 Å². The fourth-order valence-corrected chi connectivity index (χ4v) is 3.81. The minimum absolute atomic E-state index is 0.0437. The van der Waals surface area contributed by atoms with Gasteiger partial charge in [-0.3, -0.25) is 9.59 Å². The molecule has 0 saturated carbocycles. The van der Waals surface area contributed by atoms with Gasteiger partial charge in [-0.25, -0.2) is 9.37 Å². The van der Waals surface area contributed by atoms with E-state index in [1.165, 1.54) is 29.3 Å². The number of pyridine rings is 1. The molecule has 2 heterocycles. The summed E-state index contributed by atoms with van der Waals surface area (Å²) >= 11 is 0. The van der Waals surface area contributed by atoms with Crippen LogP contribution in [0.15, 0.2) is 36.5 Å². The lowest BCUT2D eigenvalue weighted by Crippen LogP contribution is -2.50. The summed E-state index contributed by atoms with van der Waals surface area (Å²) in [5, 5.41) is 19.7. The van der Waals surface area contributed by atoms with Gasteiger partial charge in [-0.2, -0.15) is 0 Å². The Labute approximate surface area is 210 Å². The highest BCUT2D eigenvalue weighted by Gasteiger charge is 2.35. The van der Waals surface area contributed by atoms with Crippen LogP contribution in [0.1, 0.15) is 54.0 Å². The summed E-state index contributed by atoms with van der Waals surface area (Å²) in [6, 6.07) is 6.83. The first kappa shape index (κ1) is 27.1. The fourth-order valence-electron chi connectivity index (χ4n) is 3.81. The number of benzene rings is 1. The monoisotopic (exact) mass is 497 g/mol. The molecule has 0 aliphatic carbocycles. The molecule has 1 aliphatic rings. The Morgan fingerprint density at radius 3 is 2.72 bits per heavy atom. The number of hydrogen-bond donors (Lipinski definition) is 2. The number of aromatic nitrogens is 1. The van der Waals surface area contributed by atoms with Crippen LogP contribution >= 0.6 is 0 Å². The van der Waals surface area contributed by atoms with Gasteiger partial charge in [0.2, 0.25) is 5.88 Å². The Kier molecular flexibility index (Phi) is 8.33. The summed E-state index contributed by atoms with van der Waals surface area (Å²) in [6.45, 7) is 6.84. The number of amides is 2. The average molecular weight is 498 g/mol. The standard InChI is InChI=1S/C27H32FN3O5/c1-17-14-31(18(2)16-32)26(34)21-12-19(10-11-27(3,4)35)13-29-24(21)36-23(17)15-30(5)25(33)20-8-6-7-9-22(20)28/h6-9,12-13,17-18,23,32,35H,14-16H2,1-5H3/t17-,18-,23+/m0/s1. The van der Waals surface area contributed by atoms with Crippen LogP contribution in [0.5, 0.6) is 5.88 Å². The molecule has 1 aromatic heterocycles. The average Bonchev–Trinajstić information content (AvgIpc) is 2.83. The van der Waals surface area contributed by atoms with Gasteiger partial charge in [0.15, 0.2) is 0 Å². The molecule has 3 rings (SSSR count). The number of rotatable bonds is 5. The number of likely N-dealkylation sites (N-methyl/N-ethyl adjacent to an activating group) is 1. The lowest BCUT2D eigenvalue weighted by molar-refractivity contribution is 0.0312. The number of halogens is 1. The number of hydrogen-bond acceptors (Lipinski definition) is 6. The van der Waals surface area contributed by atoms with Gasteiger partial charge in [-0.1, -0.05) is 30.9 Å². The van der Waals surface area contributed by atoms with Crippen molar-refractivity contribution in [2.45, 2.75) is 45.4 Å². The molecule has 36 heavy (non-hydrogen) atoms. The number of nitrogens with zero attached hydrogens (tertiary/aromatic N) is 3. The molecular weight excluding hydrogens is 465 g/mol. The third-order valence-electron chi connectivity index (χ3n) is 5.94. The van der Waals surface area contributed by atoms with Crippen LogP contribution in [-0.4, -0.2) is 81.3 Å². The van der Waals surface area contributed by atoms with E-state index >= 15 is 0 Å². The Morgan fingerprint density at radius 1 is 1.39 bits per heavy atom. The van der Waals surface area contributed by atoms with E-state index < -0.39 is 29.5 Å². The molecule has 0 radical (unpaired) electrons. The van der Waals surface area contributed by atoms with Gasteiger partial charge in [0, 0.05) is 31.3 Å². The molecular formula is C27H32FN3O5. The quantitative estimate of drug-likeness (QED) is 0.615. The maximum Gasteiger partial charge on any atom is 0.259 e. The van der Waals surface area contributed by atoms with Crippen molar-refractivity contribution in [3.8, 4) is 17.7 Å². The van der Waals surface area contributed by atoms with E-state index in [4.69, 9.17) is 4.74 Å². The van der Waals surface area contributed by atoms with E-state index in [0.717, 1.165) is 0 Å². The maximum absolute atomic E-state index is 14.2. The van der Waals surface area contributed by atoms with E-state index in [-0.39, 0.29) is 48.5 Å². The largest absolute Gasteiger partial charge is 0.472 e. The highest BCUT2D eigenvalue weighted by molar-refractivity contribution is 5.97. The van der Waals surface area contributed by atoms with Gasteiger partial charge in [0.1, 0.15) is 23.1 Å². The molecule has 1 aromatic carbocycles. The molecule has 0 fully saturated rings. The van der Waals surface area contributed by atoms with Gasteiger partial charge in [0.05, 0.1) is 24.8 Å². The molecule has 0 unspecified atom stereocenters. The van der Waals surface area contributed by atoms with Crippen LogP contribution in [0.4, 0.5) is 4.39 Å². The number of carbonyl (C=O) groups is 2. The number of aliphatic hydroxyl groups excluding tert-OH is 1. The van der Waals surface area contributed by atoms with Crippen molar-refractivity contribution < 1.29 is 28.9 Å². The van der Waals surface area contributed by atoms with Gasteiger partial charge in [-0.05, 0) is 39.0 Å². The van der Waals surface area contributed by atoms with E-state index in [1.807, 2.05) is 6.92 Å². The normalized spacial score (nSPS) is 18.7. The molecule has 3 atom stereocenters. The molecule has 2 aromatic rings. The Balaban J connectivity index is 1.97. The van der Waals surface area contributed by atoms with E-state index in [2.05, 4.69) is 16.8 Å².